The van der Waals surface area contributed by atoms with Crippen LogP contribution in [-0.2, 0) is 0 Å². The van der Waals surface area contributed by atoms with Crippen molar-refractivity contribution in [2.75, 3.05) is 5.01 Å². The van der Waals surface area contributed by atoms with Crippen LogP contribution in [0.3, 0.4) is 0 Å². The largest absolute Gasteiger partial charge is 0.342 e. The molecular weight excluding hydrogens is 242 g/mol. The van der Waals surface area contributed by atoms with Crippen molar-refractivity contribution in [3.63, 3.8) is 0 Å². The maximum atomic E-state index is 5.45. The third-order valence-electron chi connectivity index (χ3n) is 3.24. The molecule has 1 aromatic rings. The van der Waals surface area contributed by atoms with Crippen LogP contribution in [0.5, 0.6) is 0 Å². The molecule has 0 aliphatic carbocycles. The molecule has 1 heterocycles. The summed E-state index contributed by atoms with van der Waals surface area (Å²) in [5.74, 6) is 0. The summed E-state index contributed by atoms with van der Waals surface area (Å²) >= 11 is 5.45. The number of nitrogens with zero attached hydrogens (tertiary/aromatic N) is 1. The average molecular weight is 263 g/mol. The average Bonchev–Trinajstić information content (AvgIpc) is 2.68. The molecule has 0 aromatic heterocycles. The Morgan fingerprint density at radius 1 is 1.11 bits per heavy atom. The van der Waals surface area contributed by atoms with Gasteiger partial charge in [-0.3, -0.25) is 5.01 Å². The van der Waals surface area contributed by atoms with Crippen LogP contribution in [0.25, 0.3) is 0 Å². The fourth-order valence-corrected chi connectivity index (χ4v) is 2.87. The highest BCUT2D eigenvalue weighted by atomic mass is 32.1. The van der Waals surface area contributed by atoms with Crippen LogP contribution in [0.15, 0.2) is 30.3 Å². The zero-order valence-corrected chi connectivity index (χ0v) is 11.9. The van der Waals surface area contributed by atoms with Crippen molar-refractivity contribution in [3.05, 3.63) is 30.3 Å². The Balaban J connectivity index is 2.19. The summed E-state index contributed by atoms with van der Waals surface area (Å²) in [5, 5.41) is 6.22. The van der Waals surface area contributed by atoms with E-state index in [2.05, 4.69) is 36.7 Å². The van der Waals surface area contributed by atoms with Crippen molar-refractivity contribution in [2.24, 2.45) is 0 Å². The number of hydrogen-bond acceptors (Lipinski definition) is 2. The van der Waals surface area contributed by atoms with Gasteiger partial charge >= 0.3 is 0 Å². The molecule has 2 rings (SSSR count). The summed E-state index contributed by atoms with van der Waals surface area (Å²) in [5.41, 5.74) is 4.57. The van der Waals surface area contributed by atoms with Crippen molar-refractivity contribution in [1.82, 2.24) is 10.7 Å². The second kappa shape index (κ2) is 5.67. The fraction of sp³-hybridized carbons (Fsp3) is 0.500. The molecule has 1 aliphatic rings. The second-order valence-corrected chi connectivity index (χ2v) is 5.18. The first-order chi connectivity index (χ1) is 8.71. The zero-order valence-electron chi connectivity index (χ0n) is 11.1. The van der Waals surface area contributed by atoms with E-state index in [1.165, 1.54) is 0 Å². The number of hydrogen-bond donors (Lipinski definition) is 2. The second-order valence-electron chi connectivity index (χ2n) is 4.80. The van der Waals surface area contributed by atoms with Gasteiger partial charge < -0.3 is 5.32 Å². The third-order valence-corrected chi connectivity index (χ3v) is 3.53. The molecule has 0 saturated carbocycles. The van der Waals surface area contributed by atoms with Crippen molar-refractivity contribution in [3.8, 4) is 0 Å². The quantitative estimate of drug-likeness (QED) is 0.798. The Morgan fingerprint density at radius 3 is 2.28 bits per heavy atom. The van der Waals surface area contributed by atoms with Gasteiger partial charge in [0.25, 0.3) is 0 Å². The molecule has 0 bridgehead atoms. The molecule has 1 aliphatic heterocycles. The molecule has 2 N–H and O–H groups in total. The number of benzene rings is 1. The SMILES string of the molecule is CCCC1(CCC)NC(=S)N(c2ccccc2)N1. The van der Waals surface area contributed by atoms with Crippen LogP contribution in [0.1, 0.15) is 39.5 Å². The number of hydrazine groups is 1. The lowest BCUT2D eigenvalue weighted by Gasteiger charge is -2.29. The minimum absolute atomic E-state index is 0.0730. The van der Waals surface area contributed by atoms with Crippen molar-refractivity contribution >= 4 is 23.0 Å². The summed E-state index contributed by atoms with van der Waals surface area (Å²) in [6.45, 7) is 4.41. The van der Waals surface area contributed by atoms with E-state index in [9.17, 15) is 0 Å². The number of nitrogens with one attached hydrogen (secondary N) is 2. The Bertz CT molecular complexity index is 399. The molecule has 1 fully saturated rings. The van der Waals surface area contributed by atoms with Crippen LogP contribution in [-0.4, -0.2) is 10.8 Å². The lowest BCUT2D eigenvalue weighted by atomic mass is 10.00. The van der Waals surface area contributed by atoms with Crippen molar-refractivity contribution in [2.45, 2.75) is 45.2 Å². The normalized spacial score (nSPS) is 17.9. The number of rotatable bonds is 5. The summed E-state index contributed by atoms with van der Waals surface area (Å²) in [7, 11) is 0. The van der Waals surface area contributed by atoms with Gasteiger partial charge in [-0.1, -0.05) is 44.9 Å². The van der Waals surface area contributed by atoms with Crippen molar-refractivity contribution < 1.29 is 0 Å². The highest BCUT2D eigenvalue weighted by Gasteiger charge is 2.38. The predicted octanol–water partition coefficient (Wildman–Crippen LogP) is 3.18. The number of para-hydroxylation sites is 1. The molecule has 0 unspecified atom stereocenters. The molecule has 4 heteroatoms. The molecule has 0 radical (unpaired) electrons. The molecule has 1 aromatic carbocycles. The van der Waals surface area contributed by atoms with Crippen LogP contribution in [0, 0.1) is 0 Å². The smallest absolute Gasteiger partial charge is 0.189 e. The highest BCUT2D eigenvalue weighted by molar-refractivity contribution is 7.80. The minimum Gasteiger partial charge on any atom is -0.342 e. The predicted molar refractivity (Wildman–Crippen MR) is 80.3 cm³/mol. The Labute approximate surface area is 115 Å². The van der Waals surface area contributed by atoms with Crippen LogP contribution >= 0.6 is 12.2 Å². The minimum atomic E-state index is -0.0730. The van der Waals surface area contributed by atoms with Gasteiger partial charge in [-0.25, -0.2) is 5.43 Å². The molecule has 98 valence electrons. The molecule has 0 spiro atoms. The van der Waals surface area contributed by atoms with Crippen LogP contribution in [0.4, 0.5) is 5.69 Å². The monoisotopic (exact) mass is 263 g/mol. The van der Waals surface area contributed by atoms with E-state index in [-0.39, 0.29) is 5.66 Å². The summed E-state index contributed by atoms with van der Waals surface area (Å²) in [6, 6.07) is 10.2. The molecular formula is C14H21N3S. The molecule has 3 nitrogen and oxygen atoms in total. The van der Waals surface area contributed by atoms with E-state index in [4.69, 9.17) is 12.2 Å². The van der Waals surface area contributed by atoms with E-state index in [0.29, 0.717) is 0 Å². The fourth-order valence-electron chi connectivity index (χ4n) is 2.53. The third kappa shape index (κ3) is 2.65. The van der Waals surface area contributed by atoms with Gasteiger partial charge in [0, 0.05) is 0 Å². The van der Waals surface area contributed by atoms with E-state index < -0.39 is 0 Å². The zero-order chi connectivity index (χ0) is 13.0. The summed E-state index contributed by atoms with van der Waals surface area (Å²) in [4.78, 5) is 0. The van der Waals surface area contributed by atoms with E-state index in [1.807, 2.05) is 23.2 Å². The van der Waals surface area contributed by atoms with E-state index >= 15 is 0 Å². The number of anilines is 1. The van der Waals surface area contributed by atoms with Gasteiger partial charge in [0.05, 0.1) is 5.69 Å². The van der Waals surface area contributed by atoms with Crippen LogP contribution in [0.2, 0.25) is 0 Å². The van der Waals surface area contributed by atoms with E-state index in [1.54, 1.807) is 0 Å². The standard InChI is InChI=1S/C14H21N3S/c1-3-10-14(11-4-2)15-13(18)17(16-14)12-8-6-5-7-9-12/h5-9,16H,3-4,10-11H2,1-2H3,(H,15,18). The molecule has 1 saturated heterocycles. The first-order valence-electron chi connectivity index (χ1n) is 6.66. The lowest BCUT2D eigenvalue weighted by molar-refractivity contribution is 0.286. The van der Waals surface area contributed by atoms with Gasteiger partial charge in [0.2, 0.25) is 0 Å². The molecule has 0 atom stereocenters. The summed E-state index contributed by atoms with van der Waals surface area (Å²) < 4.78 is 0. The van der Waals surface area contributed by atoms with Gasteiger partial charge in [0.1, 0.15) is 5.66 Å². The molecule has 0 amide bonds. The maximum absolute atomic E-state index is 5.45. The van der Waals surface area contributed by atoms with Crippen LogP contribution < -0.4 is 15.8 Å². The van der Waals surface area contributed by atoms with Gasteiger partial charge in [-0.05, 0) is 37.2 Å². The maximum Gasteiger partial charge on any atom is 0.189 e. The first-order valence-corrected chi connectivity index (χ1v) is 7.07. The lowest BCUT2D eigenvalue weighted by Crippen LogP contribution is -2.51. The van der Waals surface area contributed by atoms with Gasteiger partial charge in [0.15, 0.2) is 5.11 Å². The van der Waals surface area contributed by atoms with Gasteiger partial charge in [-0.15, -0.1) is 0 Å². The molecule has 18 heavy (non-hydrogen) atoms. The Kier molecular flexibility index (Phi) is 4.19. The highest BCUT2D eigenvalue weighted by Crippen LogP contribution is 2.25. The first kappa shape index (κ1) is 13.3. The van der Waals surface area contributed by atoms with Crippen molar-refractivity contribution in [1.29, 1.82) is 0 Å². The Hall–Kier alpha value is -1.13. The summed E-state index contributed by atoms with van der Waals surface area (Å²) in [6.07, 6.45) is 4.41. The Morgan fingerprint density at radius 2 is 1.72 bits per heavy atom. The van der Waals surface area contributed by atoms with E-state index in [0.717, 1.165) is 36.5 Å². The topological polar surface area (TPSA) is 27.3 Å². The number of thiocarbonyl (C=S) groups is 1. The van der Waals surface area contributed by atoms with Gasteiger partial charge in [-0.2, -0.15) is 0 Å².